The maximum Gasteiger partial charge on any atom is 0.168 e. The predicted octanol–water partition coefficient (Wildman–Crippen LogP) is 4.26. The molecule has 3 nitrogen and oxygen atoms in total. The van der Waals surface area contributed by atoms with Crippen molar-refractivity contribution in [1.29, 1.82) is 0 Å². The van der Waals surface area contributed by atoms with E-state index in [1.165, 1.54) is 0 Å². The number of ether oxygens (including phenoxy) is 3. The van der Waals surface area contributed by atoms with Crippen LogP contribution in [0, 0.1) is 5.92 Å². The summed E-state index contributed by atoms with van der Waals surface area (Å²) in [6, 6.07) is 0. The van der Waals surface area contributed by atoms with Gasteiger partial charge in [0.2, 0.25) is 0 Å². The molecule has 0 heterocycles. The first-order valence-corrected chi connectivity index (χ1v) is 8.32. The lowest BCUT2D eigenvalue weighted by molar-refractivity contribution is -0.195. The summed E-state index contributed by atoms with van der Waals surface area (Å²) in [7, 11) is 0. The standard InChI is InChI=1S/C15H27BrO3/c1-5-17-14(10-16)19-15(4)9-7-6-8-13(15)18-11-12(2)3/h8,12,14H,5-7,9-11H2,1-4H3/t14?,15-/m1/s1. The Morgan fingerprint density at radius 3 is 2.74 bits per heavy atom. The van der Waals surface area contributed by atoms with E-state index in [1.54, 1.807) is 0 Å². The van der Waals surface area contributed by atoms with Gasteiger partial charge in [-0.2, -0.15) is 0 Å². The average Bonchev–Trinajstić information content (AvgIpc) is 2.37. The number of hydrogen-bond acceptors (Lipinski definition) is 3. The molecule has 1 aliphatic carbocycles. The fraction of sp³-hybridized carbons (Fsp3) is 0.867. The fourth-order valence-corrected chi connectivity index (χ4v) is 2.50. The molecule has 0 N–H and O–H groups in total. The molecule has 0 radical (unpaired) electrons. The van der Waals surface area contributed by atoms with Gasteiger partial charge in [0, 0.05) is 6.61 Å². The average molecular weight is 335 g/mol. The molecule has 0 aliphatic heterocycles. The molecule has 0 spiro atoms. The van der Waals surface area contributed by atoms with Gasteiger partial charge in [0.05, 0.1) is 11.9 Å². The molecule has 0 fully saturated rings. The molecule has 0 amide bonds. The summed E-state index contributed by atoms with van der Waals surface area (Å²) in [4.78, 5) is 0. The molecule has 112 valence electrons. The second kappa shape index (κ2) is 8.28. The van der Waals surface area contributed by atoms with E-state index in [4.69, 9.17) is 14.2 Å². The molecular weight excluding hydrogens is 308 g/mol. The van der Waals surface area contributed by atoms with E-state index >= 15 is 0 Å². The minimum Gasteiger partial charge on any atom is -0.495 e. The van der Waals surface area contributed by atoms with Crippen LogP contribution in [0.25, 0.3) is 0 Å². The van der Waals surface area contributed by atoms with Gasteiger partial charge in [0.15, 0.2) is 6.29 Å². The van der Waals surface area contributed by atoms with Crippen molar-refractivity contribution in [1.82, 2.24) is 0 Å². The van der Waals surface area contributed by atoms with E-state index in [-0.39, 0.29) is 11.9 Å². The first-order valence-electron chi connectivity index (χ1n) is 7.20. The number of rotatable bonds is 8. The molecular formula is C15H27BrO3. The first-order chi connectivity index (χ1) is 9.01. The van der Waals surface area contributed by atoms with Crippen LogP contribution in [0.3, 0.4) is 0 Å². The van der Waals surface area contributed by atoms with Crippen molar-refractivity contribution in [3.63, 3.8) is 0 Å². The van der Waals surface area contributed by atoms with Crippen molar-refractivity contribution in [3.8, 4) is 0 Å². The SMILES string of the molecule is CCOC(CBr)O[C@]1(C)CCCC=C1OCC(C)C. The Hall–Kier alpha value is -0.0600. The molecule has 1 rings (SSSR count). The Morgan fingerprint density at radius 1 is 1.42 bits per heavy atom. The van der Waals surface area contributed by atoms with Crippen molar-refractivity contribution in [2.75, 3.05) is 18.5 Å². The molecule has 1 aliphatic rings. The van der Waals surface area contributed by atoms with Gasteiger partial charge in [-0.25, -0.2) is 0 Å². The predicted molar refractivity (Wildman–Crippen MR) is 81.4 cm³/mol. The smallest absolute Gasteiger partial charge is 0.168 e. The molecule has 0 aromatic carbocycles. The van der Waals surface area contributed by atoms with Gasteiger partial charge in [-0.05, 0) is 45.1 Å². The quantitative estimate of drug-likeness (QED) is 0.490. The van der Waals surface area contributed by atoms with Crippen molar-refractivity contribution in [3.05, 3.63) is 11.8 Å². The topological polar surface area (TPSA) is 27.7 Å². The lowest BCUT2D eigenvalue weighted by atomic mass is 9.90. The summed E-state index contributed by atoms with van der Waals surface area (Å²) in [5, 5.41) is 0.674. The summed E-state index contributed by atoms with van der Waals surface area (Å²) < 4.78 is 17.7. The second-order valence-electron chi connectivity index (χ2n) is 5.55. The minimum atomic E-state index is -0.360. The van der Waals surface area contributed by atoms with Crippen LogP contribution < -0.4 is 0 Å². The van der Waals surface area contributed by atoms with E-state index < -0.39 is 0 Å². The third kappa shape index (κ3) is 5.44. The normalized spacial score (nSPS) is 25.3. The largest absolute Gasteiger partial charge is 0.495 e. The minimum absolute atomic E-state index is 0.223. The number of alkyl halides is 1. The summed E-state index contributed by atoms with van der Waals surface area (Å²) in [5.41, 5.74) is -0.360. The van der Waals surface area contributed by atoms with E-state index in [1.807, 2.05) is 6.92 Å². The van der Waals surface area contributed by atoms with Gasteiger partial charge in [0.1, 0.15) is 11.4 Å². The molecule has 0 saturated heterocycles. The highest BCUT2D eigenvalue weighted by atomic mass is 79.9. The first kappa shape index (κ1) is 17.0. The van der Waals surface area contributed by atoms with Gasteiger partial charge in [-0.1, -0.05) is 29.8 Å². The Labute approximate surface area is 125 Å². The summed E-state index contributed by atoms with van der Waals surface area (Å²) >= 11 is 3.44. The van der Waals surface area contributed by atoms with Crippen LogP contribution in [-0.2, 0) is 14.2 Å². The molecule has 0 aromatic rings. The zero-order chi connectivity index (χ0) is 14.3. The lowest BCUT2D eigenvalue weighted by Gasteiger charge is -2.37. The lowest BCUT2D eigenvalue weighted by Crippen LogP contribution is -2.40. The van der Waals surface area contributed by atoms with Crippen LogP contribution in [0.2, 0.25) is 0 Å². The maximum atomic E-state index is 6.15. The number of hydrogen-bond donors (Lipinski definition) is 0. The highest BCUT2D eigenvalue weighted by Crippen LogP contribution is 2.35. The van der Waals surface area contributed by atoms with E-state index in [0.717, 1.165) is 31.6 Å². The Morgan fingerprint density at radius 2 is 2.16 bits per heavy atom. The van der Waals surface area contributed by atoms with Crippen LogP contribution in [0.15, 0.2) is 11.8 Å². The molecule has 19 heavy (non-hydrogen) atoms. The zero-order valence-corrected chi connectivity index (χ0v) is 14.2. The Bertz CT molecular complexity index is 291. The third-order valence-electron chi connectivity index (χ3n) is 3.15. The highest BCUT2D eigenvalue weighted by molar-refractivity contribution is 9.09. The second-order valence-corrected chi connectivity index (χ2v) is 6.20. The van der Waals surface area contributed by atoms with Crippen molar-refractivity contribution < 1.29 is 14.2 Å². The molecule has 0 aromatic heterocycles. The van der Waals surface area contributed by atoms with Gasteiger partial charge in [-0.15, -0.1) is 0 Å². The zero-order valence-electron chi connectivity index (χ0n) is 12.6. The van der Waals surface area contributed by atoms with Crippen LogP contribution in [0.5, 0.6) is 0 Å². The number of allylic oxidation sites excluding steroid dienone is 1. The van der Waals surface area contributed by atoms with Gasteiger partial charge < -0.3 is 14.2 Å². The van der Waals surface area contributed by atoms with Crippen LogP contribution >= 0.6 is 15.9 Å². The Kier molecular flexibility index (Phi) is 7.40. The van der Waals surface area contributed by atoms with Crippen molar-refractivity contribution in [2.24, 2.45) is 5.92 Å². The van der Waals surface area contributed by atoms with Crippen LogP contribution in [0.1, 0.15) is 47.0 Å². The molecule has 1 unspecified atom stereocenters. The van der Waals surface area contributed by atoms with Gasteiger partial charge in [0.25, 0.3) is 0 Å². The van der Waals surface area contributed by atoms with E-state index in [9.17, 15) is 0 Å². The van der Waals surface area contributed by atoms with Crippen LogP contribution in [-0.4, -0.2) is 30.4 Å². The maximum absolute atomic E-state index is 6.15. The fourth-order valence-electron chi connectivity index (χ4n) is 2.18. The summed E-state index contributed by atoms with van der Waals surface area (Å²) in [6.45, 7) is 9.78. The van der Waals surface area contributed by atoms with Gasteiger partial charge >= 0.3 is 0 Å². The van der Waals surface area contributed by atoms with Crippen LogP contribution in [0.4, 0.5) is 0 Å². The third-order valence-corrected chi connectivity index (χ3v) is 3.68. The van der Waals surface area contributed by atoms with E-state index in [2.05, 4.69) is 42.8 Å². The van der Waals surface area contributed by atoms with Crippen molar-refractivity contribution >= 4 is 15.9 Å². The molecule has 0 saturated carbocycles. The monoisotopic (exact) mass is 334 g/mol. The van der Waals surface area contributed by atoms with E-state index in [0.29, 0.717) is 17.9 Å². The summed E-state index contributed by atoms with van der Waals surface area (Å²) in [6.07, 6.45) is 5.13. The molecule has 2 atom stereocenters. The molecule has 0 bridgehead atoms. The Balaban J connectivity index is 2.68. The number of halogens is 1. The summed E-state index contributed by atoms with van der Waals surface area (Å²) in [5.74, 6) is 1.49. The van der Waals surface area contributed by atoms with Crippen molar-refractivity contribution in [2.45, 2.75) is 58.8 Å². The van der Waals surface area contributed by atoms with Gasteiger partial charge in [-0.3, -0.25) is 0 Å². The molecule has 4 heteroatoms. The highest BCUT2D eigenvalue weighted by Gasteiger charge is 2.36.